The van der Waals surface area contributed by atoms with Gasteiger partial charge in [0.15, 0.2) is 12.6 Å². The summed E-state index contributed by atoms with van der Waals surface area (Å²) in [6, 6.07) is 0. The number of aliphatic hydroxyl groups excluding tert-OH is 9. The van der Waals surface area contributed by atoms with Gasteiger partial charge in [0.2, 0.25) is 0 Å². The molecule has 0 radical (unpaired) electrons. The molecule has 0 bridgehead atoms. The van der Waals surface area contributed by atoms with E-state index in [1.54, 1.807) is 0 Å². The molecule has 2 saturated heterocycles. The van der Waals surface area contributed by atoms with Crippen molar-refractivity contribution in [3.8, 4) is 0 Å². The minimum Gasteiger partial charge on any atom is -0.394 e. The van der Waals surface area contributed by atoms with Gasteiger partial charge in [-0.2, -0.15) is 0 Å². The van der Waals surface area contributed by atoms with Gasteiger partial charge in [-0.3, -0.25) is 0 Å². The van der Waals surface area contributed by atoms with Crippen LogP contribution in [0.15, 0.2) is 11.6 Å². The molecule has 6 rings (SSSR count). The molecule has 21 unspecified atom stereocenters. The zero-order chi connectivity index (χ0) is 41.5. The molecule has 0 aromatic carbocycles. The SMILES string of the molecule is CC(C)=CCCC(C)(O)C1CCC2(C)C1C(O)CC1C3(C)CCC(OC4OC(CO)C(O)C(O)C4OC4OC(CO)C(O)C(O)C4O)C(C)(C)C3C(O)CC12C. The van der Waals surface area contributed by atoms with Gasteiger partial charge >= 0.3 is 0 Å². The number of allylic oxidation sites excluding steroid dienone is 2. The Hall–Kier alpha value is -0.820. The van der Waals surface area contributed by atoms with Crippen molar-refractivity contribution in [2.24, 2.45) is 45.3 Å². The third-order valence-corrected chi connectivity index (χ3v) is 16.5. The Morgan fingerprint density at radius 3 is 1.96 bits per heavy atom. The van der Waals surface area contributed by atoms with Gasteiger partial charge in [0.1, 0.15) is 48.8 Å². The zero-order valence-electron chi connectivity index (χ0n) is 34.6. The van der Waals surface area contributed by atoms with E-state index in [0.29, 0.717) is 32.1 Å². The van der Waals surface area contributed by atoms with Crippen LogP contribution in [0.5, 0.6) is 0 Å². The Kier molecular flexibility index (Phi) is 12.7. The maximum absolute atomic E-state index is 12.4. The lowest BCUT2D eigenvalue weighted by atomic mass is 9.34. The molecule has 324 valence electrons. The Bertz CT molecular complexity index is 1400. The quantitative estimate of drug-likeness (QED) is 0.110. The fourth-order valence-corrected chi connectivity index (χ4v) is 13.5. The third-order valence-electron chi connectivity index (χ3n) is 16.5. The summed E-state index contributed by atoms with van der Waals surface area (Å²) < 4.78 is 24.2. The summed E-state index contributed by atoms with van der Waals surface area (Å²) in [5.41, 5.74) is -1.52. The van der Waals surface area contributed by atoms with Crippen LogP contribution in [0.25, 0.3) is 0 Å². The second-order valence-corrected chi connectivity index (χ2v) is 20.3. The molecule has 4 aliphatic carbocycles. The molecule has 0 spiro atoms. The van der Waals surface area contributed by atoms with E-state index < -0.39 is 109 Å². The summed E-state index contributed by atoms with van der Waals surface area (Å²) in [6.07, 6.45) is -10.1. The summed E-state index contributed by atoms with van der Waals surface area (Å²) >= 11 is 0. The first-order valence-electron chi connectivity index (χ1n) is 21.0. The number of fused-ring (bicyclic) bond motifs is 5. The van der Waals surface area contributed by atoms with Crippen molar-refractivity contribution in [1.29, 1.82) is 0 Å². The molecule has 14 heteroatoms. The van der Waals surface area contributed by atoms with Crippen LogP contribution in [-0.2, 0) is 18.9 Å². The highest BCUT2D eigenvalue weighted by atomic mass is 16.8. The third kappa shape index (κ3) is 7.16. The molecule has 2 aliphatic heterocycles. The van der Waals surface area contributed by atoms with Crippen LogP contribution >= 0.6 is 0 Å². The fourth-order valence-electron chi connectivity index (χ4n) is 13.5. The van der Waals surface area contributed by atoms with Crippen molar-refractivity contribution < 1.29 is 70.0 Å². The van der Waals surface area contributed by atoms with Crippen LogP contribution in [0.3, 0.4) is 0 Å². The lowest BCUT2D eigenvalue weighted by molar-refractivity contribution is -0.380. The first kappa shape index (κ1) is 44.7. The Morgan fingerprint density at radius 2 is 1.36 bits per heavy atom. The van der Waals surface area contributed by atoms with Crippen LogP contribution < -0.4 is 0 Å². The molecule has 6 fully saturated rings. The van der Waals surface area contributed by atoms with Crippen LogP contribution in [0.2, 0.25) is 0 Å². The molecular weight excluding hydrogens is 728 g/mol. The minimum absolute atomic E-state index is 0.0539. The van der Waals surface area contributed by atoms with Gasteiger partial charge in [-0.05, 0) is 117 Å². The predicted octanol–water partition coefficient (Wildman–Crippen LogP) is 1.12. The topological polar surface area (TPSA) is 239 Å². The van der Waals surface area contributed by atoms with Crippen molar-refractivity contribution in [3.05, 3.63) is 11.6 Å². The number of hydrogen-bond donors (Lipinski definition) is 10. The van der Waals surface area contributed by atoms with E-state index >= 15 is 0 Å². The first-order valence-corrected chi connectivity index (χ1v) is 21.0. The van der Waals surface area contributed by atoms with E-state index in [-0.39, 0.29) is 34.5 Å². The van der Waals surface area contributed by atoms with E-state index in [4.69, 9.17) is 18.9 Å². The minimum atomic E-state index is -1.79. The second-order valence-electron chi connectivity index (χ2n) is 20.3. The number of ether oxygens (including phenoxy) is 4. The molecular formula is C42H72O14. The fraction of sp³-hybridized carbons (Fsp3) is 0.952. The van der Waals surface area contributed by atoms with Gasteiger partial charge in [0.05, 0.1) is 37.1 Å². The molecule has 2 heterocycles. The van der Waals surface area contributed by atoms with Crippen LogP contribution in [0.4, 0.5) is 0 Å². The molecule has 0 aromatic rings. The first-order chi connectivity index (χ1) is 26.0. The Balaban J connectivity index is 1.25. The molecule has 6 aliphatic rings. The van der Waals surface area contributed by atoms with Gasteiger partial charge in [-0.25, -0.2) is 0 Å². The van der Waals surface area contributed by atoms with Crippen LogP contribution in [0.1, 0.15) is 107 Å². The lowest BCUT2D eigenvalue weighted by Gasteiger charge is -2.71. The number of aliphatic hydroxyl groups is 10. The van der Waals surface area contributed by atoms with Crippen molar-refractivity contribution in [3.63, 3.8) is 0 Å². The van der Waals surface area contributed by atoms with Crippen molar-refractivity contribution in [2.75, 3.05) is 13.2 Å². The average Bonchev–Trinajstić information content (AvgIpc) is 3.50. The summed E-state index contributed by atoms with van der Waals surface area (Å²) in [6.45, 7) is 15.6. The summed E-state index contributed by atoms with van der Waals surface area (Å²) in [7, 11) is 0. The van der Waals surface area contributed by atoms with E-state index in [9.17, 15) is 51.1 Å². The van der Waals surface area contributed by atoms with E-state index in [1.807, 2.05) is 20.8 Å². The largest absolute Gasteiger partial charge is 0.394 e. The van der Waals surface area contributed by atoms with Gasteiger partial charge in [-0.15, -0.1) is 0 Å². The monoisotopic (exact) mass is 800 g/mol. The van der Waals surface area contributed by atoms with Gasteiger partial charge in [-0.1, -0.05) is 46.3 Å². The van der Waals surface area contributed by atoms with E-state index in [1.165, 1.54) is 5.57 Å². The van der Waals surface area contributed by atoms with Crippen molar-refractivity contribution >= 4 is 0 Å². The normalized spacial score (nSPS) is 52.6. The van der Waals surface area contributed by atoms with Gasteiger partial charge in [0, 0.05) is 0 Å². The molecule has 0 amide bonds. The van der Waals surface area contributed by atoms with Crippen LogP contribution in [-0.4, -0.2) is 150 Å². The highest BCUT2D eigenvalue weighted by molar-refractivity contribution is 5.22. The Morgan fingerprint density at radius 1 is 0.750 bits per heavy atom. The molecule has 56 heavy (non-hydrogen) atoms. The predicted molar refractivity (Wildman–Crippen MR) is 202 cm³/mol. The summed E-state index contributed by atoms with van der Waals surface area (Å²) in [4.78, 5) is 0. The molecule has 0 aromatic heterocycles. The molecule has 21 atom stereocenters. The molecule has 14 nitrogen and oxygen atoms in total. The number of hydrogen-bond acceptors (Lipinski definition) is 14. The summed E-state index contributed by atoms with van der Waals surface area (Å²) in [5.74, 6) is -0.422. The van der Waals surface area contributed by atoms with E-state index in [2.05, 4.69) is 40.7 Å². The van der Waals surface area contributed by atoms with E-state index in [0.717, 1.165) is 19.3 Å². The highest BCUT2D eigenvalue weighted by Crippen LogP contribution is 2.76. The average molecular weight is 801 g/mol. The summed E-state index contributed by atoms with van der Waals surface area (Å²) in [5, 5.41) is 110. The maximum Gasteiger partial charge on any atom is 0.187 e. The standard InChI is InChI=1S/C42H72O14/c1-20(2)10-9-13-42(8,52)21-11-15-40(6)28(21)22(45)16-26-39(5)14-12-27(38(3,4)35(39)23(46)17-41(26,40)7)55-37-34(32(50)30(48)25(19-44)54-37)56-36-33(51)31(49)29(47)24(18-43)53-36/h10,21-37,43-52H,9,11-19H2,1-8H3. The van der Waals surface area contributed by atoms with Crippen LogP contribution in [0, 0.1) is 45.3 Å². The second kappa shape index (κ2) is 15.9. The van der Waals surface area contributed by atoms with Gasteiger partial charge in [0.25, 0.3) is 0 Å². The van der Waals surface area contributed by atoms with Crippen molar-refractivity contribution in [1.82, 2.24) is 0 Å². The van der Waals surface area contributed by atoms with Crippen molar-refractivity contribution in [2.45, 2.75) is 192 Å². The Labute approximate surface area is 331 Å². The zero-order valence-corrected chi connectivity index (χ0v) is 34.6. The maximum atomic E-state index is 12.4. The number of rotatable bonds is 10. The van der Waals surface area contributed by atoms with Gasteiger partial charge < -0.3 is 70.0 Å². The molecule has 4 saturated carbocycles. The highest BCUT2D eigenvalue weighted by Gasteiger charge is 2.73. The lowest BCUT2D eigenvalue weighted by Crippen LogP contribution is -2.70. The molecule has 10 N–H and O–H groups in total. The smallest absolute Gasteiger partial charge is 0.187 e.